The number of nitro groups is 1. The predicted molar refractivity (Wildman–Crippen MR) is 79.1 cm³/mol. The number of nitrogens with zero attached hydrogens (tertiary/aromatic N) is 1. The van der Waals surface area contributed by atoms with E-state index in [0.29, 0.717) is 0 Å². The fourth-order valence-corrected chi connectivity index (χ4v) is 3.34. The second-order valence-corrected chi connectivity index (χ2v) is 7.15. The lowest BCUT2D eigenvalue weighted by atomic mass is 10.1. The molecule has 0 aromatic heterocycles. The summed E-state index contributed by atoms with van der Waals surface area (Å²) in [6, 6.07) is 2.15. The van der Waals surface area contributed by atoms with Gasteiger partial charge in [-0.05, 0) is 18.1 Å². The number of benzene rings is 1. The van der Waals surface area contributed by atoms with Crippen molar-refractivity contribution in [1.29, 1.82) is 0 Å². The molecule has 1 aromatic rings. The molecule has 0 radical (unpaired) electrons. The molecule has 0 saturated carbocycles. The largest absolute Gasteiger partial charge is 0.391 e. The lowest BCUT2D eigenvalue weighted by molar-refractivity contribution is -0.384. The minimum atomic E-state index is -4.10. The van der Waals surface area contributed by atoms with Crippen molar-refractivity contribution in [2.75, 3.05) is 6.54 Å². The summed E-state index contributed by atoms with van der Waals surface area (Å²) in [5.74, 6) is -0.150. The minimum absolute atomic E-state index is 0.150. The molecule has 0 heterocycles. The molecular weight excluding hydrogens is 343 g/mol. The third-order valence-corrected chi connectivity index (χ3v) is 5.02. The van der Waals surface area contributed by atoms with Gasteiger partial charge in [0.15, 0.2) is 0 Å². The molecule has 1 rings (SSSR count). The van der Waals surface area contributed by atoms with Gasteiger partial charge in [-0.3, -0.25) is 10.1 Å². The summed E-state index contributed by atoms with van der Waals surface area (Å²) in [5.41, 5.74) is -0.675. The molecule has 2 N–H and O–H groups in total. The van der Waals surface area contributed by atoms with Crippen LogP contribution >= 0.6 is 23.2 Å². The Morgan fingerprint density at radius 3 is 2.43 bits per heavy atom. The Labute approximate surface area is 132 Å². The SMILES string of the molecule is CC(C)C(O)CNS(=O)(=O)c1ccc(Cl)c([N+](=O)[O-])c1Cl. The summed E-state index contributed by atoms with van der Waals surface area (Å²) < 4.78 is 26.3. The molecule has 0 amide bonds. The highest BCUT2D eigenvalue weighted by Gasteiger charge is 2.28. The lowest BCUT2D eigenvalue weighted by Crippen LogP contribution is -2.34. The van der Waals surface area contributed by atoms with E-state index in [0.717, 1.165) is 12.1 Å². The topological polar surface area (TPSA) is 110 Å². The Morgan fingerprint density at radius 1 is 1.38 bits per heavy atom. The van der Waals surface area contributed by atoms with E-state index in [1.165, 1.54) is 0 Å². The first-order chi connectivity index (χ1) is 9.58. The second kappa shape index (κ2) is 6.89. The van der Waals surface area contributed by atoms with Crippen LogP contribution in [0.2, 0.25) is 10.0 Å². The molecule has 7 nitrogen and oxygen atoms in total. The summed E-state index contributed by atoms with van der Waals surface area (Å²) in [4.78, 5) is 9.54. The Kier molecular flexibility index (Phi) is 5.94. The number of halogens is 2. The number of hydrogen-bond acceptors (Lipinski definition) is 5. The van der Waals surface area contributed by atoms with Gasteiger partial charge < -0.3 is 5.11 Å². The van der Waals surface area contributed by atoms with Gasteiger partial charge in [0, 0.05) is 6.54 Å². The van der Waals surface area contributed by atoms with Gasteiger partial charge in [0.05, 0.1) is 11.0 Å². The zero-order valence-electron chi connectivity index (χ0n) is 11.2. The molecule has 0 aliphatic rings. The zero-order chi connectivity index (χ0) is 16.4. The van der Waals surface area contributed by atoms with Gasteiger partial charge in [0.1, 0.15) is 14.9 Å². The molecule has 1 aromatic carbocycles. The number of hydrogen-bond donors (Lipinski definition) is 2. The van der Waals surface area contributed by atoms with Crippen LogP contribution in [0.15, 0.2) is 17.0 Å². The van der Waals surface area contributed by atoms with Crippen LogP contribution in [0.5, 0.6) is 0 Å². The maximum atomic E-state index is 12.1. The van der Waals surface area contributed by atoms with Crippen LogP contribution in [0, 0.1) is 16.0 Å². The average molecular weight is 357 g/mol. The normalized spacial score (nSPS) is 13.4. The van der Waals surface area contributed by atoms with E-state index in [1.54, 1.807) is 13.8 Å². The number of aliphatic hydroxyl groups excluding tert-OH is 1. The zero-order valence-corrected chi connectivity index (χ0v) is 13.5. The summed E-state index contributed by atoms with van der Waals surface area (Å²) in [7, 11) is -4.10. The molecule has 0 fully saturated rings. The molecule has 1 unspecified atom stereocenters. The number of sulfonamides is 1. The van der Waals surface area contributed by atoms with Crippen LogP contribution in [0.25, 0.3) is 0 Å². The molecule has 0 saturated heterocycles. The Balaban J connectivity index is 3.16. The van der Waals surface area contributed by atoms with Crippen molar-refractivity contribution >= 4 is 38.9 Å². The minimum Gasteiger partial charge on any atom is -0.391 e. The van der Waals surface area contributed by atoms with E-state index in [-0.39, 0.29) is 17.5 Å². The smallest absolute Gasteiger partial charge is 0.307 e. The molecule has 0 bridgehead atoms. The molecule has 10 heteroatoms. The van der Waals surface area contributed by atoms with Crippen molar-refractivity contribution in [2.45, 2.75) is 24.8 Å². The van der Waals surface area contributed by atoms with Crippen molar-refractivity contribution in [1.82, 2.24) is 4.72 Å². The van der Waals surface area contributed by atoms with E-state index in [4.69, 9.17) is 23.2 Å². The maximum Gasteiger partial charge on any atom is 0.307 e. The van der Waals surface area contributed by atoms with Gasteiger partial charge in [-0.25, -0.2) is 13.1 Å². The van der Waals surface area contributed by atoms with E-state index in [1.807, 2.05) is 0 Å². The molecule has 0 spiro atoms. The van der Waals surface area contributed by atoms with Gasteiger partial charge in [-0.1, -0.05) is 37.0 Å². The summed E-state index contributed by atoms with van der Waals surface area (Å²) in [5, 5.41) is 19.6. The van der Waals surface area contributed by atoms with Gasteiger partial charge in [0.2, 0.25) is 10.0 Å². The third-order valence-electron chi connectivity index (χ3n) is 2.76. The van der Waals surface area contributed by atoms with Gasteiger partial charge in [0.25, 0.3) is 0 Å². The highest BCUT2D eigenvalue weighted by Crippen LogP contribution is 2.36. The lowest BCUT2D eigenvalue weighted by Gasteiger charge is -2.15. The van der Waals surface area contributed by atoms with E-state index in [2.05, 4.69) is 4.72 Å². The molecule has 1 atom stereocenters. The summed E-state index contributed by atoms with van der Waals surface area (Å²) >= 11 is 11.4. The van der Waals surface area contributed by atoms with Crippen molar-refractivity contribution in [3.05, 3.63) is 32.3 Å². The molecule has 0 aliphatic carbocycles. The number of nitrogens with one attached hydrogen (secondary N) is 1. The highest BCUT2D eigenvalue weighted by molar-refractivity contribution is 7.89. The van der Waals surface area contributed by atoms with E-state index < -0.39 is 36.7 Å². The summed E-state index contributed by atoms with van der Waals surface area (Å²) in [6.07, 6.45) is -0.888. The monoisotopic (exact) mass is 356 g/mol. The fraction of sp³-hybridized carbons (Fsp3) is 0.455. The van der Waals surface area contributed by atoms with Gasteiger partial charge >= 0.3 is 5.69 Å². The van der Waals surface area contributed by atoms with Crippen LogP contribution in [-0.4, -0.2) is 31.1 Å². The van der Waals surface area contributed by atoms with Crippen LogP contribution in [0.1, 0.15) is 13.8 Å². The first-order valence-electron chi connectivity index (χ1n) is 5.88. The van der Waals surface area contributed by atoms with Gasteiger partial charge in [-0.15, -0.1) is 0 Å². The van der Waals surface area contributed by atoms with Crippen LogP contribution in [0.3, 0.4) is 0 Å². The highest BCUT2D eigenvalue weighted by atomic mass is 35.5. The second-order valence-electron chi connectivity index (χ2n) is 4.63. The molecule has 0 aliphatic heterocycles. The fourth-order valence-electron chi connectivity index (χ4n) is 1.41. The predicted octanol–water partition coefficient (Wildman–Crippen LogP) is 2.20. The van der Waals surface area contributed by atoms with Crippen LogP contribution in [0.4, 0.5) is 5.69 Å². The van der Waals surface area contributed by atoms with Crippen molar-refractivity contribution in [3.8, 4) is 0 Å². The van der Waals surface area contributed by atoms with Crippen molar-refractivity contribution in [2.24, 2.45) is 5.92 Å². The van der Waals surface area contributed by atoms with Crippen LogP contribution < -0.4 is 4.72 Å². The first kappa shape index (κ1) is 18.1. The Bertz CT molecular complexity index is 648. The average Bonchev–Trinajstić information content (AvgIpc) is 2.35. The van der Waals surface area contributed by atoms with Crippen LogP contribution in [-0.2, 0) is 10.0 Å². The molecule has 118 valence electrons. The molecule has 21 heavy (non-hydrogen) atoms. The number of nitro benzene ring substituents is 1. The number of rotatable bonds is 6. The van der Waals surface area contributed by atoms with E-state index >= 15 is 0 Å². The first-order valence-corrected chi connectivity index (χ1v) is 8.12. The van der Waals surface area contributed by atoms with E-state index in [9.17, 15) is 23.6 Å². The Hall–Kier alpha value is -0.930. The molecular formula is C11H14Cl2N2O5S. The summed E-state index contributed by atoms with van der Waals surface area (Å²) in [6.45, 7) is 3.21. The van der Waals surface area contributed by atoms with Crippen molar-refractivity contribution in [3.63, 3.8) is 0 Å². The standard InChI is InChI=1S/C11H14Cl2N2O5S/c1-6(2)8(16)5-14-21(19,20)9-4-3-7(12)11(10(9)13)15(17)18/h3-4,6,8,14,16H,5H2,1-2H3. The van der Waals surface area contributed by atoms with Gasteiger partial charge in [-0.2, -0.15) is 0 Å². The quantitative estimate of drug-likeness (QED) is 0.599. The van der Waals surface area contributed by atoms with Crippen molar-refractivity contribution < 1.29 is 18.4 Å². The Morgan fingerprint density at radius 2 is 1.95 bits per heavy atom. The third kappa shape index (κ3) is 4.27. The number of aliphatic hydroxyl groups is 1. The maximum absolute atomic E-state index is 12.1.